The topological polar surface area (TPSA) is 141 Å². The first-order valence-electron chi connectivity index (χ1n) is 11.0. The van der Waals surface area contributed by atoms with Gasteiger partial charge < -0.3 is 10.8 Å². The molecule has 184 valence electrons. The van der Waals surface area contributed by atoms with Gasteiger partial charge in [0.15, 0.2) is 5.69 Å². The molecule has 0 fully saturated rings. The van der Waals surface area contributed by atoms with Gasteiger partial charge in [0.25, 0.3) is 5.91 Å². The number of carbonyl (C=O) groups is 3. The predicted octanol–water partition coefficient (Wildman–Crippen LogP) is 3.20. The third-order valence-electron chi connectivity index (χ3n) is 5.52. The quantitative estimate of drug-likeness (QED) is 0.473. The van der Waals surface area contributed by atoms with E-state index >= 15 is 0 Å². The third-order valence-corrected chi connectivity index (χ3v) is 5.52. The van der Waals surface area contributed by atoms with Crippen LogP contribution in [-0.2, 0) is 21.5 Å². The first kappa shape index (κ1) is 25.6. The van der Waals surface area contributed by atoms with E-state index in [0.717, 1.165) is 16.7 Å². The molecule has 0 radical (unpaired) electrons. The number of benzene rings is 2. The number of carboxylic acids is 1. The number of carbonyl (C=O) groups excluding carboxylic acids is 2. The van der Waals surface area contributed by atoms with Crippen LogP contribution in [-0.4, -0.2) is 45.0 Å². The summed E-state index contributed by atoms with van der Waals surface area (Å²) in [6, 6.07) is 10.7. The number of nitrogens with zero attached hydrogens (tertiary/aromatic N) is 4. The number of aromatic nitrogens is 3. The summed E-state index contributed by atoms with van der Waals surface area (Å²) in [4.78, 5) is 41.5. The highest BCUT2D eigenvalue weighted by Gasteiger charge is 2.23. The highest BCUT2D eigenvalue weighted by Crippen LogP contribution is 2.30. The number of hydrogen-bond acceptors (Lipinski definition) is 6. The van der Waals surface area contributed by atoms with E-state index in [1.165, 1.54) is 23.1 Å². The first-order valence-corrected chi connectivity index (χ1v) is 11.0. The third kappa shape index (κ3) is 5.90. The number of hydrogen-bond donors (Lipinski definition) is 2. The number of aromatic carboxylic acids is 1. The van der Waals surface area contributed by atoms with E-state index in [2.05, 4.69) is 31.1 Å². The average molecular weight is 480 g/mol. The molecule has 0 saturated heterocycles. The van der Waals surface area contributed by atoms with Gasteiger partial charge in [-0.05, 0) is 59.7 Å². The number of rotatable bonds is 8. The van der Waals surface area contributed by atoms with Crippen molar-refractivity contribution in [3.05, 3.63) is 70.5 Å². The van der Waals surface area contributed by atoms with Crippen molar-refractivity contribution in [2.24, 2.45) is 5.73 Å². The lowest BCUT2D eigenvalue weighted by atomic mass is 9.85. The lowest BCUT2D eigenvalue weighted by Gasteiger charge is -2.25. The van der Waals surface area contributed by atoms with Crippen molar-refractivity contribution in [2.75, 3.05) is 12.2 Å². The van der Waals surface area contributed by atoms with Crippen LogP contribution in [0.1, 0.15) is 64.7 Å². The van der Waals surface area contributed by atoms with Crippen molar-refractivity contribution in [2.45, 2.75) is 46.0 Å². The van der Waals surface area contributed by atoms with Gasteiger partial charge in [-0.1, -0.05) is 38.1 Å². The van der Waals surface area contributed by atoms with Gasteiger partial charge in [-0.3, -0.25) is 14.4 Å². The maximum Gasteiger partial charge on any atom is 0.358 e. The largest absolute Gasteiger partial charge is 0.476 e. The van der Waals surface area contributed by atoms with E-state index < -0.39 is 17.8 Å². The molecule has 10 nitrogen and oxygen atoms in total. The minimum absolute atomic E-state index is 0.186. The number of amides is 2. The Balaban J connectivity index is 2.02. The van der Waals surface area contributed by atoms with E-state index in [9.17, 15) is 14.4 Å². The van der Waals surface area contributed by atoms with Gasteiger partial charge in [0.2, 0.25) is 5.91 Å². The normalized spacial score (nSPS) is 11.3. The Hall–Kier alpha value is -4.05. The Morgan fingerprint density at radius 1 is 1.14 bits per heavy atom. The summed E-state index contributed by atoms with van der Waals surface area (Å²) in [5, 5.41) is 17.8. The van der Waals surface area contributed by atoms with Gasteiger partial charge in [-0.25, -0.2) is 9.48 Å². The van der Waals surface area contributed by atoms with E-state index in [1.54, 1.807) is 24.3 Å². The molecular formula is C25H29N5O5. The summed E-state index contributed by atoms with van der Waals surface area (Å²) in [6.45, 7) is 7.98. The molecule has 0 unspecified atom stereocenters. The second-order valence-corrected chi connectivity index (χ2v) is 9.24. The molecule has 35 heavy (non-hydrogen) atoms. The van der Waals surface area contributed by atoms with Crippen molar-refractivity contribution in [3.8, 4) is 5.69 Å². The van der Waals surface area contributed by atoms with E-state index in [1.807, 2.05) is 19.1 Å². The van der Waals surface area contributed by atoms with Gasteiger partial charge in [-0.2, -0.15) is 5.06 Å². The monoisotopic (exact) mass is 479 g/mol. The van der Waals surface area contributed by atoms with E-state index in [4.69, 9.17) is 15.7 Å². The van der Waals surface area contributed by atoms with Crippen LogP contribution in [0.5, 0.6) is 0 Å². The molecule has 3 rings (SSSR count). The number of hydroxylamine groups is 1. The predicted molar refractivity (Wildman–Crippen MR) is 130 cm³/mol. The van der Waals surface area contributed by atoms with E-state index in [-0.39, 0.29) is 17.5 Å². The van der Waals surface area contributed by atoms with Crippen LogP contribution in [0.2, 0.25) is 0 Å². The Bertz CT molecular complexity index is 1280. The fourth-order valence-electron chi connectivity index (χ4n) is 3.53. The number of carboxylic acid groups (broad SMARTS) is 1. The van der Waals surface area contributed by atoms with Gasteiger partial charge in [0, 0.05) is 12.0 Å². The number of anilines is 1. The van der Waals surface area contributed by atoms with Crippen molar-refractivity contribution in [1.29, 1.82) is 0 Å². The smallest absolute Gasteiger partial charge is 0.358 e. The van der Waals surface area contributed by atoms with Crippen LogP contribution in [0.25, 0.3) is 5.69 Å². The summed E-state index contributed by atoms with van der Waals surface area (Å²) in [5.74, 6) is -2.03. The molecule has 0 spiro atoms. The first-order chi connectivity index (χ1) is 16.4. The standard InChI is InChI=1S/C25H29N5O5/c1-15-6-8-17(12-21(15)29-14-20(24(33)34)27-28-29)23(32)30(35-5)19-11-16(7-9-22(26)31)10-18(13-19)25(2,3)4/h6,8,10-14H,7,9H2,1-5H3,(H2,26,31)(H,33,34). The van der Waals surface area contributed by atoms with Crippen molar-refractivity contribution >= 4 is 23.5 Å². The van der Waals surface area contributed by atoms with Gasteiger partial charge in [-0.15, -0.1) is 5.10 Å². The molecule has 1 aromatic heterocycles. The zero-order chi connectivity index (χ0) is 25.9. The number of aryl methyl sites for hydroxylation is 2. The SMILES string of the molecule is CON(C(=O)c1ccc(C)c(-n2cc(C(=O)O)nn2)c1)c1cc(CCC(N)=O)cc(C(C)(C)C)c1. The van der Waals surface area contributed by atoms with Crippen LogP contribution in [0.3, 0.4) is 0 Å². The molecule has 0 aliphatic rings. The number of primary amides is 1. The lowest BCUT2D eigenvalue weighted by Crippen LogP contribution is -2.30. The minimum atomic E-state index is -1.20. The van der Waals surface area contributed by atoms with Crippen molar-refractivity contribution < 1.29 is 24.3 Å². The van der Waals surface area contributed by atoms with Crippen LogP contribution in [0, 0.1) is 6.92 Å². The highest BCUT2D eigenvalue weighted by molar-refractivity contribution is 6.05. The summed E-state index contributed by atoms with van der Waals surface area (Å²) >= 11 is 0. The Morgan fingerprint density at radius 2 is 1.86 bits per heavy atom. The molecule has 2 amide bonds. The summed E-state index contributed by atoms with van der Waals surface area (Å²) in [6.07, 6.45) is 1.90. The van der Waals surface area contributed by atoms with Crippen molar-refractivity contribution in [3.63, 3.8) is 0 Å². The molecule has 3 aromatic rings. The molecule has 0 saturated carbocycles. The van der Waals surface area contributed by atoms with Gasteiger partial charge in [0.1, 0.15) is 0 Å². The molecule has 3 N–H and O–H groups in total. The Kier molecular flexibility index (Phi) is 7.35. The van der Waals surface area contributed by atoms with Crippen LogP contribution in [0.4, 0.5) is 5.69 Å². The second-order valence-electron chi connectivity index (χ2n) is 9.24. The zero-order valence-electron chi connectivity index (χ0n) is 20.4. The highest BCUT2D eigenvalue weighted by atomic mass is 16.7. The summed E-state index contributed by atoms with van der Waals surface area (Å²) in [7, 11) is 1.40. The second kappa shape index (κ2) is 10.1. The molecule has 1 heterocycles. The minimum Gasteiger partial charge on any atom is -0.476 e. The molecule has 10 heteroatoms. The summed E-state index contributed by atoms with van der Waals surface area (Å²) < 4.78 is 1.31. The van der Waals surface area contributed by atoms with Crippen LogP contribution < -0.4 is 10.8 Å². The van der Waals surface area contributed by atoms with E-state index in [0.29, 0.717) is 23.4 Å². The lowest BCUT2D eigenvalue weighted by molar-refractivity contribution is -0.118. The van der Waals surface area contributed by atoms with Crippen LogP contribution >= 0.6 is 0 Å². The fourth-order valence-corrected chi connectivity index (χ4v) is 3.53. The zero-order valence-corrected chi connectivity index (χ0v) is 20.4. The van der Waals surface area contributed by atoms with Gasteiger partial charge in [0.05, 0.1) is 24.7 Å². The van der Waals surface area contributed by atoms with Crippen molar-refractivity contribution in [1.82, 2.24) is 15.0 Å². The average Bonchev–Trinajstić information content (AvgIpc) is 3.28. The molecule has 0 aliphatic heterocycles. The Labute approximate surface area is 203 Å². The molecule has 2 aromatic carbocycles. The molecular weight excluding hydrogens is 450 g/mol. The Morgan fingerprint density at radius 3 is 2.43 bits per heavy atom. The maximum atomic E-state index is 13.5. The molecule has 0 bridgehead atoms. The summed E-state index contributed by atoms with van der Waals surface area (Å²) in [5.41, 5.74) is 8.84. The van der Waals surface area contributed by atoms with Crippen LogP contribution in [0.15, 0.2) is 42.6 Å². The maximum absolute atomic E-state index is 13.5. The van der Waals surface area contributed by atoms with Gasteiger partial charge >= 0.3 is 5.97 Å². The molecule has 0 atom stereocenters. The fraction of sp³-hybridized carbons (Fsp3) is 0.320. The number of nitrogens with two attached hydrogens (primary N) is 1. The molecule has 0 aliphatic carbocycles.